The molecule has 0 aliphatic heterocycles. The molecule has 5 heteroatoms. The van der Waals surface area contributed by atoms with E-state index < -0.39 is 0 Å². The number of aryl methyl sites for hydroxylation is 2. The average molecular weight is 288 g/mol. The van der Waals surface area contributed by atoms with Crippen molar-refractivity contribution in [2.24, 2.45) is 0 Å². The van der Waals surface area contributed by atoms with Gasteiger partial charge in [0, 0.05) is 30.9 Å². The molecule has 1 N–H and O–H groups in total. The van der Waals surface area contributed by atoms with Crippen LogP contribution in [0.15, 0.2) is 24.5 Å². The van der Waals surface area contributed by atoms with E-state index >= 15 is 0 Å². The largest absolute Gasteiger partial charge is 0.436 e. The summed E-state index contributed by atoms with van der Waals surface area (Å²) >= 11 is 0. The molecule has 0 saturated carbocycles. The molecule has 0 aliphatic rings. The lowest BCUT2D eigenvalue weighted by atomic mass is 10.2. The topological polar surface area (TPSA) is 52.0 Å². The molecule has 2 rings (SSSR count). The van der Waals surface area contributed by atoms with Crippen molar-refractivity contribution < 1.29 is 4.74 Å². The smallest absolute Gasteiger partial charge is 0.219 e. The van der Waals surface area contributed by atoms with Gasteiger partial charge >= 0.3 is 0 Å². The maximum Gasteiger partial charge on any atom is 0.219 e. The Bertz CT molecular complexity index is 577. The molecule has 0 bridgehead atoms. The van der Waals surface area contributed by atoms with E-state index in [-0.39, 0.29) is 0 Å². The number of hydrogen-bond acceptors (Lipinski definition) is 4. The molecule has 0 amide bonds. The van der Waals surface area contributed by atoms with Crippen molar-refractivity contribution in [2.75, 3.05) is 0 Å². The number of pyridine rings is 1. The first-order valence-corrected chi connectivity index (χ1v) is 7.54. The summed E-state index contributed by atoms with van der Waals surface area (Å²) in [5.41, 5.74) is 2.23. The second-order valence-corrected chi connectivity index (χ2v) is 5.33. The van der Waals surface area contributed by atoms with Gasteiger partial charge in [-0.1, -0.05) is 20.8 Å². The number of hydrogen-bond donors (Lipinski definition) is 1. The van der Waals surface area contributed by atoms with Gasteiger partial charge in [-0.25, -0.2) is 4.98 Å². The molecule has 0 saturated heterocycles. The first-order chi connectivity index (χ1) is 10.1. The number of nitrogens with zero attached hydrogens (tertiary/aromatic N) is 3. The number of ether oxygens (including phenoxy) is 1. The van der Waals surface area contributed by atoms with Gasteiger partial charge < -0.3 is 10.1 Å². The molecule has 0 aliphatic carbocycles. The van der Waals surface area contributed by atoms with Crippen LogP contribution in [0.1, 0.15) is 39.0 Å². The minimum absolute atomic E-state index is 0.454. The van der Waals surface area contributed by atoms with Crippen LogP contribution in [-0.4, -0.2) is 20.8 Å². The SMILES string of the molecule is CCc1cc(CNC(C)C)cc(Oc2cnn(CC)c2)n1. The van der Waals surface area contributed by atoms with Crippen LogP contribution in [0, 0.1) is 0 Å². The number of rotatable bonds is 7. The Morgan fingerprint density at radius 1 is 1.29 bits per heavy atom. The molecule has 0 radical (unpaired) electrons. The molecule has 0 aromatic carbocycles. The van der Waals surface area contributed by atoms with Gasteiger partial charge in [-0.15, -0.1) is 0 Å². The standard InChI is InChI=1S/C16H24N4O/c1-5-14-7-13(9-17-12(3)4)8-16(19-14)21-15-10-18-20(6-2)11-15/h7-8,10-12,17H,5-6,9H2,1-4H3. The molecular weight excluding hydrogens is 264 g/mol. The van der Waals surface area contributed by atoms with Crippen LogP contribution in [-0.2, 0) is 19.5 Å². The van der Waals surface area contributed by atoms with Gasteiger partial charge in [-0.3, -0.25) is 4.68 Å². The zero-order chi connectivity index (χ0) is 15.2. The third kappa shape index (κ3) is 4.56. The summed E-state index contributed by atoms with van der Waals surface area (Å²) in [4.78, 5) is 4.52. The minimum atomic E-state index is 0.454. The summed E-state index contributed by atoms with van der Waals surface area (Å²) in [7, 11) is 0. The molecule has 21 heavy (non-hydrogen) atoms. The van der Waals surface area contributed by atoms with E-state index in [1.807, 2.05) is 23.9 Å². The van der Waals surface area contributed by atoms with Gasteiger partial charge in [-0.05, 0) is 25.0 Å². The van der Waals surface area contributed by atoms with E-state index in [0.717, 1.165) is 31.0 Å². The summed E-state index contributed by atoms with van der Waals surface area (Å²) in [6, 6.07) is 4.56. The summed E-state index contributed by atoms with van der Waals surface area (Å²) in [6.07, 6.45) is 4.49. The second-order valence-electron chi connectivity index (χ2n) is 5.33. The fourth-order valence-corrected chi connectivity index (χ4v) is 1.97. The highest BCUT2D eigenvalue weighted by Crippen LogP contribution is 2.21. The molecule has 0 spiro atoms. The minimum Gasteiger partial charge on any atom is -0.436 e. The van der Waals surface area contributed by atoms with Crippen LogP contribution in [0.3, 0.4) is 0 Å². The van der Waals surface area contributed by atoms with Gasteiger partial charge in [0.05, 0.1) is 12.4 Å². The van der Waals surface area contributed by atoms with E-state index in [2.05, 4.69) is 42.2 Å². The lowest BCUT2D eigenvalue weighted by Gasteiger charge is -2.11. The molecule has 2 aromatic heterocycles. The van der Waals surface area contributed by atoms with Crippen molar-refractivity contribution in [3.8, 4) is 11.6 Å². The Morgan fingerprint density at radius 2 is 2.10 bits per heavy atom. The third-order valence-corrected chi connectivity index (χ3v) is 3.15. The lowest BCUT2D eigenvalue weighted by molar-refractivity contribution is 0.458. The van der Waals surface area contributed by atoms with Gasteiger partial charge in [0.25, 0.3) is 0 Å². The highest BCUT2D eigenvalue weighted by molar-refractivity contribution is 5.29. The fourth-order valence-electron chi connectivity index (χ4n) is 1.97. The van der Waals surface area contributed by atoms with E-state index in [9.17, 15) is 0 Å². The predicted octanol–water partition coefficient (Wildman–Crippen LogP) is 3.15. The Labute approximate surface area is 126 Å². The fraction of sp³-hybridized carbons (Fsp3) is 0.500. The summed E-state index contributed by atoms with van der Waals surface area (Å²) in [5.74, 6) is 1.35. The van der Waals surface area contributed by atoms with Gasteiger partial charge in [0.15, 0.2) is 5.75 Å². The Hall–Kier alpha value is -1.88. The Balaban J connectivity index is 2.15. The van der Waals surface area contributed by atoms with Crippen LogP contribution in [0.2, 0.25) is 0 Å². The van der Waals surface area contributed by atoms with Crippen molar-refractivity contribution in [3.63, 3.8) is 0 Å². The van der Waals surface area contributed by atoms with Crippen LogP contribution in [0.25, 0.3) is 0 Å². The van der Waals surface area contributed by atoms with Gasteiger partial charge in [0.1, 0.15) is 0 Å². The zero-order valence-electron chi connectivity index (χ0n) is 13.3. The van der Waals surface area contributed by atoms with Crippen LogP contribution < -0.4 is 10.1 Å². The highest BCUT2D eigenvalue weighted by atomic mass is 16.5. The first kappa shape index (κ1) is 15.5. The van der Waals surface area contributed by atoms with Gasteiger partial charge in [-0.2, -0.15) is 5.10 Å². The molecule has 0 atom stereocenters. The Morgan fingerprint density at radius 3 is 2.71 bits per heavy atom. The van der Waals surface area contributed by atoms with Crippen LogP contribution >= 0.6 is 0 Å². The van der Waals surface area contributed by atoms with Crippen LogP contribution in [0.5, 0.6) is 11.6 Å². The molecule has 5 nitrogen and oxygen atoms in total. The van der Waals surface area contributed by atoms with Crippen molar-refractivity contribution in [2.45, 2.75) is 53.2 Å². The average Bonchev–Trinajstić information content (AvgIpc) is 2.92. The van der Waals surface area contributed by atoms with E-state index in [0.29, 0.717) is 11.9 Å². The predicted molar refractivity (Wildman–Crippen MR) is 83.6 cm³/mol. The molecule has 0 fully saturated rings. The first-order valence-electron chi connectivity index (χ1n) is 7.54. The van der Waals surface area contributed by atoms with Crippen molar-refractivity contribution in [1.29, 1.82) is 0 Å². The lowest BCUT2D eigenvalue weighted by Crippen LogP contribution is -2.22. The monoisotopic (exact) mass is 288 g/mol. The molecule has 0 unspecified atom stereocenters. The van der Waals surface area contributed by atoms with Crippen molar-refractivity contribution in [3.05, 3.63) is 35.8 Å². The maximum absolute atomic E-state index is 5.83. The molecular formula is C16H24N4O. The third-order valence-electron chi connectivity index (χ3n) is 3.15. The molecule has 114 valence electrons. The van der Waals surface area contributed by atoms with Crippen molar-refractivity contribution >= 4 is 0 Å². The van der Waals surface area contributed by atoms with E-state index in [4.69, 9.17) is 4.74 Å². The molecule has 2 aromatic rings. The molecule has 2 heterocycles. The van der Waals surface area contributed by atoms with E-state index in [1.165, 1.54) is 5.56 Å². The maximum atomic E-state index is 5.83. The van der Waals surface area contributed by atoms with Crippen LogP contribution in [0.4, 0.5) is 0 Å². The Kier molecular flexibility index (Phi) is 5.33. The number of nitrogens with one attached hydrogen (secondary N) is 1. The quantitative estimate of drug-likeness (QED) is 0.850. The van der Waals surface area contributed by atoms with Gasteiger partial charge in [0.2, 0.25) is 5.88 Å². The highest BCUT2D eigenvalue weighted by Gasteiger charge is 2.06. The summed E-state index contributed by atoms with van der Waals surface area (Å²) in [6.45, 7) is 10.1. The normalized spacial score (nSPS) is 11.1. The van der Waals surface area contributed by atoms with E-state index in [1.54, 1.807) is 6.20 Å². The zero-order valence-corrected chi connectivity index (χ0v) is 13.3. The second kappa shape index (κ2) is 7.22. The van der Waals surface area contributed by atoms with Crippen molar-refractivity contribution in [1.82, 2.24) is 20.1 Å². The summed E-state index contributed by atoms with van der Waals surface area (Å²) < 4.78 is 7.66. The number of aromatic nitrogens is 3. The summed E-state index contributed by atoms with van der Waals surface area (Å²) in [5, 5.41) is 7.62.